The summed E-state index contributed by atoms with van der Waals surface area (Å²) in [5.74, 6) is 0.695. The van der Waals surface area contributed by atoms with Gasteiger partial charge in [0.25, 0.3) is 0 Å². The number of amides is 4. The molecule has 3 aliphatic rings. The van der Waals surface area contributed by atoms with Gasteiger partial charge in [0.1, 0.15) is 19.1 Å². The van der Waals surface area contributed by atoms with Crippen molar-refractivity contribution >= 4 is 17.8 Å². The molecule has 0 unspecified atom stereocenters. The van der Waals surface area contributed by atoms with E-state index in [0.717, 1.165) is 35.8 Å². The average Bonchev–Trinajstić information content (AvgIpc) is 2.68. The predicted molar refractivity (Wildman–Crippen MR) is 100 cm³/mol. The first-order valence-corrected chi connectivity index (χ1v) is 9.84. The molecule has 2 saturated heterocycles. The minimum absolute atomic E-state index is 0.102. The second-order valence-electron chi connectivity index (χ2n) is 7.41. The van der Waals surface area contributed by atoms with Crippen molar-refractivity contribution in [3.8, 4) is 11.5 Å². The number of benzene rings is 1. The zero-order chi connectivity index (χ0) is 19.7. The first kappa shape index (κ1) is 18.7. The SMILES string of the molecule is CCN1C(=O)CC(=O)N([C@H]2CCCN(C[C@H]3COc4ccccc4O3)C2)C1=O. The van der Waals surface area contributed by atoms with Gasteiger partial charge in [-0.3, -0.25) is 24.3 Å². The number of likely N-dealkylation sites (tertiary alicyclic amines) is 1. The van der Waals surface area contributed by atoms with Crippen molar-refractivity contribution in [2.45, 2.75) is 38.3 Å². The first-order valence-electron chi connectivity index (χ1n) is 9.84. The number of urea groups is 1. The third-order valence-corrected chi connectivity index (χ3v) is 5.50. The third kappa shape index (κ3) is 3.56. The first-order chi connectivity index (χ1) is 13.6. The van der Waals surface area contributed by atoms with Gasteiger partial charge in [0.05, 0.1) is 6.04 Å². The lowest BCUT2D eigenvalue weighted by Crippen LogP contribution is -2.61. The van der Waals surface area contributed by atoms with Crippen molar-refractivity contribution in [3.63, 3.8) is 0 Å². The van der Waals surface area contributed by atoms with E-state index in [1.807, 2.05) is 24.3 Å². The third-order valence-electron chi connectivity index (χ3n) is 5.50. The molecule has 4 rings (SSSR count). The van der Waals surface area contributed by atoms with E-state index < -0.39 is 17.8 Å². The van der Waals surface area contributed by atoms with Gasteiger partial charge in [0.2, 0.25) is 11.8 Å². The number of carbonyl (C=O) groups is 3. The number of piperidine rings is 1. The van der Waals surface area contributed by atoms with Crippen LogP contribution in [-0.2, 0) is 9.59 Å². The second-order valence-corrected chi connectivity index (χ2v) is 7.41. The van der Waals surface area contributed by atoms with Crippen LogP contribution in [0.3, 0.4) is 0 Å². The molecular formula is C20H25N3O5. The number of hydrogen-bond donors (Lipinski definition) is 0. The van der Waals surface area contributed by atoms with E-state index in [0.29, 0.717) is 19.7 Å². The van der Waals surface area contributed by atoms with Gasteiger partial charge in [0, 0.05) is 19.6 Å². The lowest BCUT2D eigenvalue weighted by molar-refractivity contribution is -0.144. The van der Waals surface area contributed by atoms with Crippen LogP contribution in [-0.4, -0.2) is 77.5 Å². The molecule has 2 fully saturated rings. The van der Waals surface area contributed by atoms with Gasteiger partial charge in [-0.25, -0.2) is 4.79 Å². The average molecular weight is 387 g/mol. The Morgan fingerprint density at radius 3 is 2.68 bits per heavy atom. The van der Waals surface area contributed by atoms with Gasteiger partial charge in [-0.2, -0.15) is 0 Å². The van der Waals surface area contributed by atoms with E-state index in [1.165, 1.54) is 4.90 Å². The quantitative estimate of drug-likeness (QED) is 0.729. The Kier molecular flexibility index (Phi) is 5.21. The summed E-state index contributed by atoms with van der Waals surface area (Å²) in [4.78, 5) is 41.7. The fourth-order valence-corrected chi connectivity index (χ4v) is 4.17. The standard InChI is InChI=1S/C20H25N3O5/c1-2-22-18(24)10-19(25)23(20(22)26)14-6-5-9-21(11-14)12-15-13-27-16-7-3-4-8-17(16)28-15/h3-4,7-8,14-15H,2,5-6,9-13H2,1H3/t14-,15-/m0/s1. The van der Waals surface area contributed by atoms with E-state index in [-0.39, 0.29) is 25.1 Å². The lowest BCUT2D eigenvalue weighted by Gasteiger charge is -2.42. The van der Waals surface area contributed by atoms with Crippen molar-refractivity contribution in [2.75, 3.05) is 32.8 Å². The Morgan fingerprint density at radius 2 is 1.89 bits per heavy atom. The number of barbiturate groups is 1. The number of rotatable bonds is 4. The Labute approximate surface area is 164 Å². The molecule has 1 aromatic rings. The van der Waals surface area contributed by atoms with Gasteiger partial charge in [0.15, 0.2) is 11.5 Å². The van der Waals surface area contributed by atoms with Crippen molar-refractivity contribution in [2.24, 2.45) is 0 Å². The van der Waals surface area contributed by atoms with Gasteiger partial charge < -0.3 is 9.47 Å². The minimum atomic E-state index is -0.484. The number of imide groups is 2. The highest BCUT2D eigenvalue weighted by Crippen LogP contribution is 2.31. The molecule has 0 saturated carbocycles. The van der Waals surface area contributed by atoms with Crippen LogP contribution in [0.2, 0.25) is 0 Å². The number of fused-ring (bicyclic) bond motifs is 1. The van der Waals surface area contributed by atoms with Crippen molar-refractivity contribution in [1.82, 2.24) is 14.7 Å². The van der Waals surface area contributed by atoms with Crippen molar-refractivity contribution in [3.05, 3.63) is 24.3 Å². The van der Waals surface area contributed by atoms with Gasteiger partial charge in [-0.15, -0.1) is 0 Å². The smallest absolute Gasteiger partial charge is 0.333 e. The molecule has 8 nitrogen and oxygen atoms in total. The number of para-hydroxylation sites is 2. The molecule has 28 heavy (non-hydrogen) atoms. The van der Waals surface area contributed by atoms with Gasteiger partial charge in [-0.05, 0) is 38.4 Å². The molecule has 0 aromatic heterocycles. The van der Waals surface area contributed by atoms with Crippen LogP contribution in [0.15, 0.2) is 24.3 Å². The highest BCUT2D eigenvalue weighted by molar-refractivity contribution is 6.14. The molecule has 150 valence electrons. The predicted octanol–water partition coefficient (Wildman–Crippen LogP) is 1.49. The highest BCUT2D eigenvalue weighted by Gasteiger charge is 2.42. The maximum atomic E-state index is 12.7. The van der Waals surface area contributed by atoms with Crippen LogP contribution in [0, 0.1) is 0 Å². The molecule has 3 aliphatic heterocycles. The Bertz CT molecular complexity index is 783. The number of ether oxygens (including phenoxy) is 2. The fourth-order valence-electron chi connectivity index (χ4n) is 4.17. The summed E-state index contributed by atoms with van der Waals surface area (Å²) in [7, 11) is 0. The maximum Gasteiger partial charge on any atom is 0.333 e. The molecule has 2 atom stereocenters. The van der Waals surface area contributed by atoms with Crippen LogP contribution >= 0.6 is 0 Å². The summed E-state index contributed by atoms with van der Waals surface area (Å²) in [6.07, 6.45) is 1.30. The van der Waals surface area contributed by atoms with Crippen LogP contribution in [0.4, 0.5) is 4.79 Å². The van der Waals surface area contributed by atoms with Gasteiger partial charge in [-0.1, -0.05) is 12.1 Å². The van der Waals surface area contributed by atoms with Crippen LogP contribution in [0.1, 0.15) is 26.2 Å². The summed E-state index contributed by atoms with van der Waals surface area (Å²) in [6, 6.07) is 6.90. The number of hydrogen-bond acceptors (Lipinski definition) is 6. The van der Waals surface area contributed by atoms with Crippen LogP contribution in [0.5, 0.6) is 11.5 Å². The van der Waals surface area contributed by atoms with Crippen molar-refractivity contribution < 1.29 is 23.9 Å². The normalized spacial score (nSPS) is 26.0. The van der Waals surface area contributed by atoms with E-state index in [2.05, 4.69) is 4.90 Å². The van der Waals surface area contributed by atoms with Crippen LogP contribution < -0.4 is 9.47 Å². The summed E-state index contributed by atoms with van der Waals surface area (Å²) in [5.41, 5.74) is 0. The molecule has 0 aliphatic carbocycles. The summed E-state index contributed by atoms with van der Waals surface area (Å²) in [6.45, 7) is 4.63. The largest absolute Gasteiger partial charge is 0.486 e. The second kappa shape index (κ2) is 7.79. The Balaban J connectivity index is 1.40. The monoisotopic (exact) mass is 387 g/mol. The van der Waals surface area contributed by atoms with E-state index in [4.69, 9.17) is 9.47 Å². The fraction of sp³-hybridized carbons (Fsp3) is 0.550. The lowest BCUT2D eigenvalue weighted by atomic mass is 10.0. The number of nitrogens with zero attached hydrogens (tertiary/aromatic N) is 3. The molecule has 8 heteroatoms. The van der Waals surface area contributed by atoms with Crippen LogP contribution in [0.25, 0.3) is 0 Å². The van der Waals surface area contributed by atoms with E-state index >= 15 is 0 Å². The minimum Gasteiger partial charge on any atom is -0.486 e. The van der Waals surface area contributed by atoms with Crippen molar-refractivity contribution in [1.29, 1.82) is 0 Å². The molecule has 0 spiro atoms. The Hall–Kier alpha value is -2.61. The van der Waals surface area contributed by atoms with E-state index in [1.54, 1.807) is 6.92 Å². The summed E-state index contributed by atoms with van der Waals surface area (Å²) in [5, 5.41) is 0. The molecule has 4 amide bonds. The molecule has 1 aromatic carbocycles. The molecular weight excluding hydrogens is 362 g/mol. The van der Waals surface area contributed by atoms with Gasteiger partial charge >= 0.3 is 6.03 Å². The maximum absolute atomic E-state index is 12.7. The molecule has 0 N–H and O–H groups in total. The van der Waals surface area contributed by atoms with E-state index in [9.17, 15) is 14.4 Å². The number of carbonyl (C=O) groups excluding carboxylic acids is 3. The molecule has 3 heterocycles. The molecule has 0 bridgehead atoms. The Morgan fingerprint density at radius 1 is 1.11 bits per heavy atom. The summed E-state index contributed by atoms with van der Waals surface area (Å²) >= 11 is 0. The topological polar surface area (TPSA) is 79.4 Å². The zero-order valence-corrected chi connectivity index (χ0v) is 16.0. The zero-order valence-electron chi connectivity index (χ0n) is 16.0. The highest BCUT2D eigenvalue weighted by atomic mass is 16.6. The molecule has 0 radical (unpaired) electrons. The summed E-state index contributed by atoms with van der Waals surface area (Å²) < 4.78 is 11.8.